The first kappa shape index (κ1) is 16.8. The lowest BCUT2D eigenvalue weighted by molar-refractivity contribution is -0.142. The van der Waals surface area contributed by atoms with Gasteiger partial charge in [0.15, 0.2) is 0 Å². The number of nitrogens with zero attached hydrogens (tertiary/aromatic N) is 2. The summed E-state index contributed by atoms with van der Waals surface area (Å²) in [5.41, 5.74) is 0.806. The van der Waals surface area contributed by atoms with Crippen molar-refractivity contribution in [1.29, 1.82) is 0 Å². The van der Waals surface area contributed by atoms with Gasteiger partial charge in [0.1, 0.15) is 5.75 Å². The van der Waals surface area contributed by atoms with Crippen molar-refractivity contribution in [1.82, 2.24) is 9.80 Å². The quantitative estimate of drug-likeness (QED) is 0.920. The molecule has 0 bridgehead atoms. The Hall–Kier alpha value is -2.04. The summed E-state index contributed by atoms with van der Waals surface area (Å²) in [7, 11) is 0. The first-order chi connectivity index (χ1) is 11.6. The third-order valence-electron chi connectivity index (χ3n) is 5.25. The van der Waals surface area contributed by atoms with E-state index < -0.39 is 0 Å². The number of aryl methyl sites for hydroxylation is 1. The highest BCUT2D eigenvalue weighted by atomic mass is 16.3. The molecule has 2 aliphatic rings. The van der Waals surface area contributed by atoms with Crippen molar-refractivity contribution in [3.05, 3.63) is 29.8 Å². The van der Waals surface area contributed by atoms with Gasteiger partial charge >= 0.3 is 0 Å². The van der Waals surface area contributed by atoms with E-state index >= 15 is 0 Å². The minimum absolute atomic E-state index is 0.103. The number of rotatable bonds is 4. The molecule has 2 fully saturated rings. The molecule has 1 aromatic rings. The number of hydrogen-bond acceptors (Lipinski definition) is 3. The molecule has 1 saturated heterocycles. The molecule has 5 heteroatoms. The van der Waals surface area contributed by atoms with Crippen molar-refractivity contribution < 1.29 is 14.7 Å². The molecular weight excluding hydrogens is 304 g/mol. The van der Waals surface area contributed by atoms with Crippen molar-refractivity contribution in [3.8, 4) is 5.75 Å². The first-order valence-corrected chi connectivity index (χ1v) is 8.98. The monoisotopic (exact) mass is 330 g/mol. The van der Waals surface area contributed by atoms with Gasteiger partial charge in [-0.2, -0.15) is 0 Å². The van der Waals surface area contributed by atoms with Gasteiger partial charge in [0.25, 0.3) is 0 Å². The summed E-state index contributed by atoms with van der Waals surface area (Å²) in [6.07, 6.45) is 5.33. The second kappa shape index (κ2) is 7.69. The van der Waals surface area contributed by atoms with E-state index in [-0.39, 0.29) is 23.5 Å². The molecule has 0 radical (unpaired) electrons. The summed E-state index contributed by atoms with van der Waals surface area (Å²) in [5.74, 6) is 0.852. The molecule has 1 aliphatic carbocycles. The molecule has 5 nitrogen and oxygen atoms in total. The molecular formula is C19H26N2O3. The third kappa shape index (κ3) is 3.89. The van der Waals surface area contributed by atoms with E-state index in [9.17, 15) is 14.7 Å². The molecule has 2 amide bonds. The molecule has 0 unspecified atom stereocenters. The number of carbonyl (C=O) groups is 2. The van der Waals surface area contributed by atoms with Crippen molar-refractivity contribution in [2.75, 3.05) is 26.2 Å². The summed E-state index contributed by atoms with van der Waals surface area (Å²) in [5, 5.41) is 9.76. The average molecular weight is 330 g/mol. The van der Waals surface area contributed by atoms with Crippen LogP contribution in [0, 0.1) is 5.92 Å². The fourth-order valence-corrected chi connectivity index (χ4v) is 3.73. The minimum atomic E-state index is 0.103. The summed E-state index contributed by atoms with van der Waals surface area (Å²) < 4.78 is 0. The summed E-state index contributed by atoms with van der Waals surface area (Å²) in [6.45, 7) is 2.55. The molecule has 1 aromatic carbocycles. The predicted molar refractivity (Wildman–Crippen MR) is 91.5 cm³/mol. The van der Waals surface area contributed by atoms with Crippen molar-refractivity contribution in [3.63, 3.8) is 0 Å². The molecule has 1 N–H and O–H groups in total. The van der Waals surface area contributed by atoms with Crippen molar-refractivity contribution in [2.24, 2.45) is 5.92 Å². The second-order valence-electron chi connectivity index (χ2n) is 6.82. The van der Waals surface area contributed by atoms with Crippen molar-refractivity contribution >= 4 is 11.8 Å². The Bertz CT molecular complexity index is 588. The normalized spacial score (nSPS) is 18.8. The van der Waals surface area contributed by atoms with E-state index in [1.807, 2.05) is 21.9 Å². The van der Waals surface area contributed by atoms with Crippen LogP contribution in [-0.4, -0.2) is 52.9 Å². The SMILES string of the molecule is O=C(CCc1ccccc1O)N1CCN(C(=O)C2CCCC2)CC1. The molecule has 1 heterocycles. The van der Waals surface area contributed by atoms with E-state index in [1.54, 1.807) is 12.1 Å². The standard InChI is InChI=1S/C19H26N2O3/c22-17-8-4-3-5-15(17)9-10-18(23)20-11-13-21(14-12-20)19(24)16-6-1-2-7-16/h3-5,8,16,22H,1-2,6-7,9-14H2. The van der Waals surface area contributed by atoms with Gasteiger partial charge in [0.2, 0.25) is 11.8 Å². The highest BCUT2D eigenvalue weighted by Gasteiger charge is 2.30. The predicted octanol–water partition coefficient (Wildman–Crippen LogP) is 2.19. The number of para-hydroxylation sites is 1. The van der Waals surface area contributed by atoms with Crippen LogP contribution < -0.4 is 0 Å². The van der Waals surface area contributed by atoms with Crippen LogP contribution in [0.5, 0.6) is 5.75 Å². The lowest BCUT2D eigenvalue weighted by Crippen LogP contribution is -2.51. The summed E-state index contributed by atoms with van der Waals surface area (Å²) in [6, 6.07) is 7.14. The number of hydrogen-bond donors (Lipinski definition) is 1. The van der Waals surface area contributed by atoms with Gasteiger partial charge in [0.05, 0.1) is 0 Å². The maximum Gasteiger partial charge on any atom is 0.225 e. The molecule has 0 atom stereocenters. The maximum absolute atomic E-state index is 12.4. The number of benzene rings is 1. The molecule has 0 aromatic heterocycles. The van der Waals surface area contributed by atoms with E-state index in [2.05, 4.69) is 0 Å². The molecule has 0 spiro atoms. The van der Waals surface area contributed by atoms with Crippen LogP contribution in [0.4, 0.5) is 0 Å². The smallest absolute Gasteiger partial charge is 0.225 e. The maximum atomic E-state index is 12.4. The fraction of sp³-hybridized carbons (Fsp3) is 0.579. The highest BCUT2D eigenvalue weighted by Crippen LogP contribution is 2.27. The summed E-state index contributed by atoms with van der Waals surface area (Å²) in [4.78, 5) is 28.6. The number of phenols is 1. The fourth-order valence-electron chi connectivity index (χ4n) is 3.73. The Balaban J connectivity index is 1.45. The van der Waals surface area contributed by atoms with Crippen LogP contribution in [0.2, 0.25) is 0 Å². The van der Waals surface area contributed by atoms with Gasteiger partial charge in [-0.05, 0) is 30.9 Å². The largest absolute Gasteiger partial charge is 0.508 e. The highest BCUT2D eigenvalue weighted by molar-refractivity contribution is 5.80. The molecule has 130 valence electrons. The zero-order valence-corrected chi connectivity index (χ0v) is 14.1. The molecule has 1 aliphatic heterocycles. The number of carbonyl (C=O) groups excluding carboxylic acids is 2. The third-order valence-corrected chi connectivity index (χ3v) is 5.25. The first-order valence-electron chi connectivity index (χ1n) is 8.98. The lowest BCUT2D eigenvalue weighted by Gasteiger charge is -2.36. The van der Waals surface area contributed by atoms with Gasteiger partial charge in [-0.25, -0.2) is 0 Å². The van der Waals surface area contributed by atoms with Gasteiger partial charge in [-0.15, -0.1) is 0 Å². The Morgan fingerprint density at radius 1 is 1.00 bits per heavy atom. The Kier molecular flexibility index (Phi) is 5.38. The van der Waals surface area contributed by atoms with Crippen LogP contribution in [0.1, 0.15) is 37.7 Å². The van der Waals surface area contributed by atoms with Gasteiger partial charge in [-0.3, -0.25) is 9.59 Å². The van der Waals surface area contributed by atoms with Crippen LogP contribution in [0.15, 0.2) is 24.3 Å². The van der Waals surface area contributed by atoms with E-state index in [1.165, 1.54) is 12.8 Å². The number of piperazine rings is 1. The minimum Gasteiger partial charge on any atom is -0.508 e. The molecule has 24 heavy (non-hydrogen) atoms. The Morgan fingerprint density at radius 3 is 2.29 bits per heavy atom. The number of amides is 2. The zero-order valence-electron chi connectivity index (χ0n) is 14.1. The van der Waals surface area contributed by atoms with Gasteiger partial charge < -0.3 is 14.9 Å². The van der Waals surface area contributed by atoms with E-state index in [4.69, 9.17) is 0 Å². The topological polar surface area (TPSA) is 60.9 Å². The Morgan fingerprint density at radius 2 is 1.62 bits per heavy atom. The van der Waals surface area contributed by atoms with E-state index in [0.717, 1.165) is 18.4 Å². The molecule has 1 saturated carbocycles. The number of aromatic hydroxyl groups is 1. The van der Waals surface area contributed by atoms with Crippen molar-refractivity contribution in [2.45, 2.75) is 38.5 Å². The number of phenolic OH excluding ortho intramolecular Hbond substituents is 1. The summed E-state index contributed by atoms with van der Waals surface area (Å²) >= 11 is 0. The Labute approximate surface area is 143 Å². The molecule has 3 rings (SSSR count). The van der Waals surface area contributed by atoms with Crippen LogP contribution >= 0.6 is 0 Å². The van der Waals surface area contributed by atoms with Gasteiger partial charge in [-0.1, -0.05) is 31.0 Å². The average Bonchev–Trinajstić information content (AvgIpc) is 3.15. The zero-order chi connectivity index (χ0) is 16.9. The van der Waals surface area contributed by atoms with Crippen LogP contribution in [-0.2, 0) is 16.0 Å². The van der Waals surface area contributed by atoms with E-state index in [0.29, 0.717) is 39.0 Å². The van der Waals surface area contributed by atoms with Crippen LogP contribution in [0.25, 0.3) is 0 Å². The second-order valence-corrected chi connectivity index (χ2v) is 6.82. The van der Waals surface area contributed by atoms with Gasteiger partial charge in [0, 0.05) is 38.5 Å². The van der Waals surface area contributed by atoms with Crippen LogP contribution in [0.3, 0.4) is 0 Å². The lowest BCUT2D eigenvalue weighted by atomic mass is 10.1.